The van der Waals surface area contributed by atoms with Gasteiger partial charge in [0, 0.05) is 32.0 Å². The van der Waals surface area contributed by atoms with Crippen molar-refractivity contribution in [2.45, 2.75) is 35.3 Å². The number of H-pyrrole nitrogens is 2. The maximum atomic E-state index is 13.2. The molecule has 3 fully saturated rings. The predicted molar refractivity (Wildman–Crippen MR) is 167 cm³/mol. The molecule has 0 aromatic carbocycles. The summed E-state index contributed by atoms with van der Waals surface area (Å²) in [7, 11) is 1.50. The van der Waals surface area contributed by atoms with E-state index in [1.54, 1.807) is 17.0 Å². The summed E-state index contributed by atoms with van der Waals surface area (Å²) in [6.45, 7) is 0.211. The van der Waals surface area contributed by atoms with E-state index < -0.39 is 53.1 Å². The minimum absolute atomic E-state index is 0.0962. The van der Waals surface area contributed by atoms with Gasteiger partial charge in [0.1, 0.15) is 29.4 Å². The van der Waals surface area contributed by atoms with Crippen molar-refractivity contribution in [3.05, 3.63) is 41.7 Å². The van der Waals surface area contributed by atoms with Gasteiger partial charge in [-0.3, -0.25) is 20.2 Å². The van der Waals surface area contributed by atoms with Crippen molar-refractivity contribution in [2.75, 3.05) is 20.2 Å². The lowest BCUT2D eigenvalue weighted by Gasteiger charge is -2.41. The zero-order valence-corrected chi connectivity index (χ0v) is 28.8. The van der Waals surface area contributed by atoms with E-state index in [4.69, 9.17) is 27.8 Å². The average molecular weight is 863 g/mol. The summed E-state index contributed by atoms with van der Waals surface area (Å²) in [5.41, 5.74) is 10.5. The molecule has 14 nitrogen and oxygen atoms in total. The molecule has 1 aliphatic carbocycles. The monoisotopic (exact) mass is 858 g/mol. The first kappa shape index (κ1) is 30.8. The first-order valence-electron chi connectivity index (χ1n) is 12.8. The Morgan fingerprint density at radius 2 is 1.64 bits per heavy atom. The molecule has 228 valence electrons. The van der Waals surface area contributed by atoms with Crippen LogP contribution in [0.15, 0.2) is 35.3 Å². The van der Waals surface area contributed by atoms with E-state index in [0.29, 0.717) is 29.5 Å². The van der Waals surface area contributed by atoms with Gasteiger partial charge in [-0.15, -0.1) is 11.6 Å². The van der Waals surface area contributed by atoms with Gasteiger partial charge in [0.2, 0.25) is 0 Å². The van der Waals surface area contributed by atoms with Crippen LogP contribution in [0.25, 0.3) is 0 Å². The second-order valence-corrected chi connectivity index (χ2v) is 14.4. The van der Waals surface area contributed by atoms with E-state index in [0.717, 1.165) is 0 Å². The molecule has 3 aliphatic heterocycles. The normalized spacial score (nSPS) is 36.5. The van der Waals surface area contributed by atoms with Crippen molar-refractivity contribution < 1.29 is 19.4 Å². The molecule has 1 spiro atoms. The van der Waals surface area contributed by atoms with Crippen molar-refractivity contribution in [3.63, 3.8) is 0 Å². The Bertz CT molecular complexity index is 1440. The van der Waals surface area contributed by atoms with Gasteiger partial charge in [0.15, 0.2) is 17.9 Å². The topological polar surface area (TPSA) is 211 Å². The number of ether oxygens (including phenoxy) is 1. The highest BCUT2D eigenvalue weighted by Gasteiger charge is 2.82. The van der Waals surface area contributed by atoms with Gasteiger partial charge >= 0.3 is 0 Å². The molecule has 2 amide bonds. The standard InChI is InChI=1S/C23H27Br4ClN10O4/c1-42-19-22-12(23(41)18(35-20(29)37-23)38(22)21(30)36-19)6(4-31-16(39)10-2-8(24)14(26)33-10)7(13(22)28)5-32-17(40)11-3-9(25)15(27)34-11/h2-3,6-7,12-13,18-20,33-35,37,41H,4-5,29H2,1H3,(H2,30,36)(H,31,39)(H,32,40)/t6-,7-,12+,13+,18+,19+,20?,22+,23+/m0/s1. The number of halogens is 5. The quantitative estimate of drug-likeness (QED) is 0.180. The fourth-order valence-electron chi connectivity index (χ4n) is 7.16. The van der Waals surface area contributed by atoms with Crippen molar-refractivity contribution in [1.29, 1.82) is 0 Å². The largest absolute Gasteiger partial charge is 0.372 e. The number of nitrogens with one attached hydrogen (secondary N) is 6. The zero-order chi connectivity index (χ0) is 30.3. The summed E-state index contributed by atoms with van der Waals surface area (Å²) in [6, 6.07) is 3.31. The number of nitrogens with two attached hydrogens (primary N) is 2. The number of hydrogen-bond acceptors (Lipinski definition) is 10. The van der Waals surface area contributed by atoms with Gasteiger partial charge in [-0.2, -0.15) is 0 Å². The third-order valence-corrected chi connectivity index (χ3v) is 12.9. The molecule has 9 atom stereocenters. The number of aliphatic imine (C=N–C) groups is 1. The van der Waals surface area contributed by atoms with Crippen molar-refractivity contribution in [3.8, 4) is 0 Å². The van der Waals surface area contributed by atoms with E-state index in [-0.39, 0.29) is 30.9 Å². The molecular formula is C23H27Br4ClN10O4. The van der Waals surface area contributed by atoms with Gasteiger partial charge in [-0.25, -0.2) is 4.99 Å². The van der Waals surface area contributed by atoms with Crippen LogP contribution < -0.4 is 32.7 Å². The highest BCUT2D eigenvalue weighted by atomic mass is 79.9. The van der Waals surface area contributed by atoms with Crippen LogP contribution in [0.4, 0.5) is 0 Å². The molecule has 2 aromatic rings. The van der Waals surface area contributed by atoms with Gasteiger partial charge in [0.25, 0.3) is 11.8 Å². The second-order valence-electron chi connectivity index (χ2n) is 10.7. The number of alkyl halides is 1. The van der Waals surface area contributed by atoms with Crippen molar-refractivity contribution in [2.24, 2.45) is 34.2 Å². The molecule has 5 heterocycles. The lowest BCUT2D eigenvalue weighted by Crippen LogP contribution is -2.63. The first-order valence-corrected chi connectivity index (χ1v) is 16.4. The molecular weight excluding hydrogens is 835 g/mol. The Labute approximate surface area is 278 Å². The molecule has 2 saturated heterocycles. The Kier molecular flexibility index (Phi) is 8.06. The molecule has 11 N–H and O–H groups in total. The number of methoxy groups -OCH3 is 1. The van der Waals surface area contributed by atoms with Crippen LogP contribution in [0.1, 0.15) is 21.0 Å². The summed E-state index contributed by atoms with van der Waals surface area (Å²) in [4.78, 5) is 38.6. The lowest BCUT2D eigenvalue weighted by molar-refractivity contribution is -0.0682. The second kappa shape index (κ2) is 11.0. The summed E-state index contributed by atoms with van der Waals surface area (Å²) < 4.78 is 8.47. The van der Waals surface area contributed by atoms with Crippen LogP contribution in [0.2, 0.25) is 0 Å². The molecule has 1 saturated carbocycles. The summed E-state index contributed by atoms with van der Waals surface area (Å²) in [5, 5.41) is 23.7. The summed E-state index contributed by atoms with van der Waals surface area (Å²) >= 11 is 20.8. The number of amides is 2. The first-order chi connectivity index (χ1) is 19.8. The van der Waals surface area contributed by atoms with Crippen molar-refractivity contribution >= 4 is 93.1 Å². The zero-order valence-electron chi connectivity index (χ0n) is 21.7. The Morgan fingerprint density at radius 1 is 1.10 bits per heavy atom. The summed E-state index contributed by atoms with van der Waals surface area (Å²) in [6.07, 6.45) is -2.38. The number of carbonyl (C=O) groups is 2. The van der Waals surface area contributed by atoms with Crippen LogP contribution in [-0.2, 0) is 4.74 Å². The Balaban J connectivity index is 1.36. The molecule has 19 heteroatoms. The third kappa shape index (κ3) is 4.43. The van der Waals surface area contributed by atoms with Crippen LogP contribution in [0.3, 0.4) is 0 Å². The number of rotatable bonds is 7. The van der Waals surface area contributed by atoms with Crippen LogP contribution in [0.5, 0.6) is 0 Å². The number of fused-ring (bicyclic) bond motifs is 3. The van der Waals surface area contributed by atoms with E-state index in [2.05, 4.69) is 99.9 Å². The summed E-state index contributed by atoms with van der Waals surface area (Å²) in [5.74, 6) is -2.27. The SMILES string of the molecule is CO[C@H]1N=C(N)N2[C@H]3NC(N)N[C@@]3(O)[C@@H]3[C@@H](CNC(=O)c4cc(Br)c(Br)[nH]4)[C@H](CNC(=O)c4cc(Br)c(Br)[nH]4)[C@@H](Cl)[C@@]132. The predicted octanol–water partition coefficient (Wildman–Crippen LogP) is 0.827. The van der Waals surface area contributed by atoms with Crippen LogP contribution in [0, 0.1) is 17.8 Å². The van der Waals surface area contributed by atoms with Gasteiger partial charge in [-0.1, -0.05) is 0 Å². The minimum Gasteiger partial charge on any atom is -0.372 e. The number of carbonyl (C=O) groups excluding carboxylic acids is 2. The number of aromatic nitrogens is 2. The highest BCUT2D eigenvalue weighted by molar-refractivity contribution is 9.13. The van der Waals surface area contributed by atoms with E-state index in [1.165, 1.54) is 7.11 Å². The van der Waals surface area contributed by atoms with Crippen LogP contribution in [-0.4, -0.2) is 93.3 Å². The van der Waals surface area contributed by atoms with E-state index in [1.807, 2.05) is 0 Å². The Hall–Kier alpha value is -1.22. The fraction of sp³-hybridized carbons (Fsp3) is 0.522. The number of hydrogen-bond donors (Lipinski definition) is 9. The molecule has 1 unspecified atom stereocenters. The molecule has 4 aliphatic rings. The average Bonchev–Trinajstić information content (AvgIpc) is 3.71. The smallest absolute Gasteiger partial charge is 0.267 e. The van der Waals surface area contributed by atoms with Gasteiger partial charge in [0.05, 0.1) is 23.5 Å². The number of nitrogens with zero attached hydrogens (tertiary/aromatic N) is 2. The Morgan fingerprint density at radius 3 is 2.14 bits per heavy atom. The fourth-order valence-corrected chi connectivity index (χ4v) is 9.10. The van der Waals surface area contributed by atoms with E-state index >= 15 is 0 Å². The minimum atomic E-state index is -1.63. The lowest BCUT2D eigenvalue weighted by atomic mass is 9.77. The number of aliphatic hydroxyl groups is 1. The highest BCUT2D eigenvalue weighted by Crippen LogP contribution is 2.63. The van der Waals surface area contributed by atoms with E-state index in [9.17, 15) is 14.7 Å². The maximum absolute atomic E-state index is 13.2. The molecule has 42 heavy (non-hydrogen) atoms. The number of aromatic amines is 2. The van der Waals surface area contributed by atoms with Crippen LogP contribution >= 0.6 is 75.3 Å². The molecule has 0 bridgehead atoms. The maximum Gasteiger partial charge on any atom is 0.267 e. The molecule has 2 aromatic heterocycles. The van der Waals surface area contributed by atoms with Crippen molar-refractivity contribution in [1.82, 2.24) is 36.1 Å². The molecule has 6 rings (SSSR count). The van der Waals surface area contributed by atoms with Gasteiger partial charge in [-0.05, 0) is 81.8 Å². The number of guanidine groups is 1. The molecule has 0 radical (unpaired) electrons. The third-order valence-electron chi connectivity index (χ3n) is 8.64. The van der Waals surface area contributed by atoms with Gasteiger partial charge < -0.3 is 46.8 Å².